The zero-order chi connectivity index (χ0) is 45.4. The first-order valence-corrected chi connectivity index (χ1v) is 12.5. The second-order valence-electron chi connectivity index (χ2n) is 11.9. The molecule has 2 aliphatic carbocycles. The van der Waals surface area contributed by atoms with Crippen LogP contribution in [0.1, 0.15) is 0 Å². The van der Waals surface area contributed by atoms with Gasteiger partial charge in [-0.05, 0) is 0 Å². The van der Waals surface area contributed by atoms with E-state index < -0.39 is 118 Å². The van der Waals surface area contributed by atoms with E-state index in [1.165, 1.54) is 9.47 Å². The first-order chi connectivity index (χ1) is 23.7. The third kappa shape index (κ3) is 3.48. The van der Waals surface area contributed by atoms with Crippen LogP contribution < -0.4 is 0 Å². The monoisotopic (exact) mass is 918 g/mol. The van der Waals surface area contributed by atoms with E-state index in [2.05, 4.69) is 0 Å². The van der Waals surface area contributed by atoms with E-state index in [1.54, 1.807) is 0 Å². The Balaban J connectivity index is 2.42. The summed E-state index contributed by atoms with van der Waals surface area (Å²) in [5, 5.41) is 0. The van der Waals surface area contributed by atoms with Crippen molar-refractivity contribution in [1.82, 2.24) is 0 Å². The number of rotatable bonds is 1. The molecule has 6 atom stereocenters. The van der Waals surface area contributed by atoms with Crippen molar-refractivity contribution in [3.8, 4) is 0 Å². The topological polar surface area (TPSA) is 25.1 Å². The molecule has 0 radical (unpaired) electrons. The molecule has 56 heavy (non-hydrogen) atoms. The molecule has 0 aromatic rings. The van der Waals surface area contributed by atoms with Crippen molar-refractivity contribution < 1.29 is 159 Å². The number of epoxide rings is 2. The molecule has 0 amide bonds. The Morgan fingerprint density at radius 2 is 0.268 bits per heavy atom. The van der Waals surface area contributed by atoms with Crippen molar-refractivity contribution >= 4 is 0 Å². The SMILES string of the molecule is FC1(F)C(F)(F)C(F)(F)C(F)(F)C2(F)OC2(F)C(F)(C2(F)C(F)(F)C(F)(F)C(F)(F)C(F)(F)C(F)(F)C(F)(F)C(F)(F)C3(F)OC32F)C(F)(F)C(F)(F)C1(F)F. The second kappa shape index (κ2) is 9.77. The van der Waals surface area contributed by atoms with Crippen LogP contribution in [0.5, 0.6) is 0 Å². The molecule has 2 saturated heterocycles. The van der Waals surface area contributed by atoms with Crippen molar-refractivity contribution in [1.29, 1.82) is 0 Å². The van der Waals surface area contributed by atoms with Gasteiger partial charge in [0.2, 0.25) is 0 Å². The van der Waals surface area contributed by atoms with Gasteiger partial charge >= 0.3 is 106 Å². The molecule has 330 valence electrons. The minimum atomic E-state index is -10.8. The van der Waals surface area contributed by atoms with Crippen LogP contribution in [0.15, 0.2) is 0 Å². The van der Waals surface area contributed by atoms with E-state index >= 15 is 43.9 Å². The Kier molecular flexibility index (Phi) is 8.06. The third-order valence-electron chi connectivity index (χ3n) is 9.07. The Morgan fingerprint density at radius 3 is 0.429 bits per heavy atom. The van der Waals surface area contributed by atoms with E-state index in [-0.39, 0.29) is 0 Å². The Labute approximate surface area is 278 Å². The highest BCUT2D eigenvalue weighted by atomic mass is 19.4. The van der Waals surface area contributed by atoms with Gasteiger partial charge < -0.3 is 0 Å². The summed E-state index contributed by atoms with van der Waals surface area (Å²) in [6.45, 7) is 0. The average molecular weight is 918 g/mol. The first kappa shape index (κ1) is 46.2. The molecule has 0 aromatic heterocycles. The van der Waals surface area contributed by atoms with E-state index in [1.807, 2.05) is 0 Å². The molecule has 4 rings (SSSR count). The van der Waals surface area contributed by atoms with Gasteiger partial charge in [0.25, 0.3) is 11.3 Å². The molecule has 2 saturated carbocycles. The second-order valence-corrected chi connectivity index (χ2v) is 11.9. The molecule has 0 aromatic carbocycles. The van der Waals surface area contributed by atoms with E-state index in [0.29, 0.717) is 0 Å². The lowest BCUT2D eigenvalue weighted by molar-refractivity contribution is -0.489. The summed E-state index contributed by atoms with van der Waals surface area (Å²) in [5.74, 6) is -175. The quantitative estimate of drug-likeness (QED) is 0.194. The Hall–Kier alpha value is -2.46. The van der Waals surface area contributed by atoms with Crippen LogP contribution in [0.4, 0.5) is 149 Å². The van der Waals surface area contributed by atoms with Gasteiger partial charge in [0.1, 0.15) is 0 Å². The highest BCUT2D eigenvalue weighted by molar-refractivity contribution is 5.44. The molecule has 2 aliphatic heterocycles. The van der Waals surface area contributed by atoms with E-state index in [4.69, 9.17) is 0 Å². The molecule has 2 nitrogen and oxygen atoms in total. The molecule has 36 heteroatoms. The average Bonchev–Trinajstić information content (AvgIpc) is 3.82. The summed E-state index contributed by atoms with van der Waals surface area (Å²) in [7, 11) is 0. The lowest BCUT2D eigenvalue weighted by Crippen LogP contribution is -2.89. The number of fused-ring (bicyclic) bond motifs is 2. The van der Waals surface area contributed by atoms with Gasteiger partial charge in [-0.15, -0.1) is 0 Å². The van der Waals surface area contributed by atoms with Crippen molar-refractivity contribution in [3.05, 3.63) is 0 Å². The summed E-state index contributed by atoms with van der Waals surface area (Å²) in [6, 6.07) is 0. The molecular formula is C20F34O2. The summed E-state index contributed by atoms with van der Waals surface area (Å²) in [4.78, 5) is 0. The van der Waals surface area contributed by atoms with Crippen molar-refractivity contribution in [2.45, 2.75) is 118 Å². The molecular weight excluding hydrogens is 918 g/mol. The lowest BCUT2D eigenvalue weighted by atomic mass is 9.62. The van der Waals surface area contributed by atoms with Gasteiger partial charge in [-0.25, -0.2) is 17.6 Å². The predicted octanol–water partition coefficient (Wildman–Crippen LogP) is 10.0. The van der Waals surface area contributed by atoms with E-state index in [9.17, 15) is 105 Å². The Bertz CT molecular complexity index is 1580. The first-order valence-electron chi connectivity index (χ1n) is 12.5. The molecule has 4 aliphatic rings. The highest BCUT2D eigenvalue weighted by Crippen LogP contribution is 2.85. The van der Waals surface area contributed by atoms with E-state index in [0.717, 1.165) is 0 Å². The number of hydrogen-bond acceptors (Lipinski definition) is 2. The van der Waals surface area contributed by atoms with Gasteiger partial charge in [-0.2, -0.15) is 132 Å². The maximum atomic E-state index is 16.4. The number of halogens is 34. The van der Waals surface area contributed by atoms with Gasteiger partial charge in [0, 0.05) is 0 Å². The zero-order valence-corrected chi connectivity index (χ0v) is 23.7. The molecule has 2 heterocycles. The van der Waals surface area contributed by atoms with Gasteiger partial charge in [-0.1, -0.05) is 0 Å². The number of alkyl halides is 34. The molecule has 6 unspecified atom stereocenters. The molecule has 0 N–H and O–H groups in total. The number of ether oxygens (including phenoxy) is 2. The Morgan fingerprint density at radius 1 is 0.143 bits per heavy atom. The molecule has 0 spiro atoms. The molecule has 4 fully saturated rings. The minimum Gasteiger partial charge on any atom is -0.291 e. The van der Waals surface area contributed by atoms with Gasteiger partial charge in [-0.3, -0.25) is 9.47 Å². The van der Waals surface area contributed by atoms with Crippen LogP contribution in [-0.4, -0.2) is 118 Å². The summed E-state index contributed by atoms with van der Waals surface area (Å²) in [5.41, 5.74) is -21.6. The fraction of sp³-hybridized carbons (Fsp3) is 1.00. The summed E-state index contributed by atoms with van der Waals surface area (Å²) >= 11 is 0. The third-order valence-corrected chi connectivity index (χ3v) is 9.07. The van der Waals surface area contributed by atoms with Crippen LogP contribution >= 0.6 is 0 Å². The number of hydrogen-bond donors (Lipinski definition) is 0. The largest absolute Gasteiger partial charge is 0.385 e. The highest BCUT2D eigenvalue weighted by Gasteiger charge is 3.18. The minimum absolute atomic E-state index is 1.49. The van der Waals surface area contributed by atoms with Crippen molar-refractivity contribution in [2.75, 3.05) is 0 Å². The fourth-order valence-electron chi connectivity index (χ4n) is 5.54. The maximum absolute atomic E-state index is 16.4. The smallest absolute Gasteiger partial charge is 0.291 e. The van der Waals surface area contributed by atoms with Crippen LogP contribution in [0.2, 0.25) is 0 Å². The lowest BCUT2D eigenvalue weighted by Gasteiger charge is -2.54. The maximum Gasteiger partial charge on any atom is 0.385 e. The van der Waals surface area contributed by atoms with Gasteiger partial charge in [0.05, 0.1) is 0 Å². The summed E-state index contributed by atoms with van der Waals surface area (Å²) < 4.78 is 500. The van der Waals surface area contributed by atoms with Crippen LogP contribution in [-0.2, 0) is 9.47 Å². The zero-order valence-electron chi connectivity index (χ0n) is 23.7. The molecule has 0 bridgehead atoms. The fourth-order valence-corrected chi connectivity index (χ4v) is 5.54. The van der Waals surface area contributed by atoms with Crippen molar-refractivity contribution in [3.63, 3.8) is 0 Å². The van der Waals surface area contributed by atoms with Crippen LogP contribution in [0.25, 0.3) is 0 Å². The van der Waals surface area contributed by atoms with Crippen LogP contribution in [0.3, 0.4) is 0 Å². The summed E-state index contributed by atoms with van der Waals surface area (Å²) in [6.07, 6.45) is 0. The predicted molar refractivity (Wildman–Crippen MR) is 94.5 cm³/mol. The van der Waals surface area contributed by atoms with Crippen LogP contribution in [0, 0.1) is 0 Å². The normalized spacial score (nSPS) is 47.2. The van der Waals surface area contributed by atoms with Gasteiger partial charge in [0.15, 0.2) is 0 Å². The van der Waals surface area contributed by atoms with Crippen molar-refractivity contribution in [2.24, 2.45) is 0 Å². The standard InChI is InChI=1S/C20F34O2/c21-1(3(23,24)5(27,28)7(31,32)9(35,36)11(39,40)13(43,44)15(47,48)19(53)17(1,51)55-19)2(22)4(25,26)6(29,30)8(33,34)10(37,38)12(41,42)14(45,46)16(49,50)20(54)18(2,52)56-20.